The molecule has 1 N–H and O–H groups in total. The molecule has 0 spiro atoms. The molecule has 0 aliphatic heterocycles. The molecule has 2 nitrogen and oxygen atoms in total. The SMILES string of the molecule is CCC(C)(C)OC1CC(NC)C1(C)C. The average molecular weight is 199 g/mol. The molecule has 2 atom stereocenters. The van der Waals surface area contributed by atoms with Crippen LogP contribution in [0.2, 0.25) is 0 Å². The number of hydrogen-bond donors (Lipinski definition) is 1. The van der Waals surface area contributed by atoms with Crippen LogP contribution in [-0.2, 0) is 4.74 Å². The molecule has 1 aliphatic rings. The maximum Gasteiger partial charge on any atom is 0.0663 e. The standard InChI is InChI=1S/C12H25NO/c1-7-11(2,3)14-10-8-9(13-6)12(10,4)5/h9-10,13H,7-8H2,1-6H3. The quantitative estimate of drug-likeness (QED) is 0.751. The summed E-state index contributed by atoms with van der Waals surface area (Å²) in [5.41, 5.74) is 0.307. The summed E-state index contributed by atoms with van der Waals surface area (Å²) in [4.78, 5) is 0. The van der Waals surface area contributed by atoms with Crippen LogP contribution in [0.4, 0.5) is 0 Å². The normalized spacial score (nSPS) is 31.3. The Hall–Kier alpha value is -0.0800. The largest absolute Gasteiger partial charge is 0.372 e. The lowest BCUT2D eigenvalue weighted by molar-refractivity contribution is -0.178. The zero-order valence-electron chi connectivity index (χ0n) is 10.5. The topological polar surface area (TPSA) is 21.3 Å². The second-order valence-electron chi connectivity index (χ2n) is 5.62. The third-order valence-corrected chi connectivity index (χ3v) is 3.84. The van der Waals surface area contributed by atoms with Crippen LogP contribution in [0.15, 0.2) is 0 Å². The van der Waals surface area contributed by atoms with Gasteiger partial charge < -0.3 is 10.1 Å². The molecule has 0 amide bonds. The Morgan fingerprint density at radius 2 is 2.00 bits per heavy atom. The minimum atomic E-state index is 0.0284. The van der Waals surface area contributed by atoms with Crippen molar-refractivity contribution in [2.24, 2.45) is 5.41 Å². The Morgan fingerprint density at radius 3 is 2.36 bits per heavy atom. The maximum atomic E-state index is 6.13. The van der Waals surface area contributed by atoms with Crippen molar-refractivity contribution in [3.63, 3.8) is 0 Å². The first-order valence-electron chi connectivity index (χ1n) is 5.68. The maximum absolute atomic E-state index is 6.13. The van der Waals surface area contributed by atoms with Crippen LogP contribution in [0.25, 0.3) is 0 Å². The highest BCUT2D eigenvalue weighted by atomic mass is 16.5. The van der Waals surface area contributed by atoms with Crippen LogP contribution in [0.5, 0.6) is 0 Å². The lowest BCUT2D eigenvalue weighted by Gasteiger charge is -2.53. The Balaban J connectivity index is 2.51. The monoisotopic (exact) mass is 199 g/mol. The smallest absolute Gasteiger partial charge is 0.0663 e. The molecule has 1 fully saturated rings. The first kappa shape index (κ1) is 12.0. The second kappa shape index (κ2) is 3.82. The summed E-state index contributed by atoms with van der Waals surface area (Å²) < 4.78 is 6.13. The van der Waals surface area contributed by atoms with Crippen molar-refractivity contribution in [2.75, 3.05) is 7.05 Å². The van der Waals surface area contributed by atoms with Gasteiger partial charge in [0, 0.05) is 11.5 Å². The number of hydrogen-bond acceptors (Lipinski definition) is 2. The summed E-state index contributed by atoms with van der Waals surface area (Å²) in [6, 6.07) is 0.611. The van der Waals surface area contributed by atoms with Crippen molar-refractivity contribution in [3.8, 4) is 0 Å². The van der Waals surface area contributed by atoms with Crippen LogP contribution in [0.3, 0.4) is 0 Å². The van der Waals surface area contributed by atoms with Gasteiger partial charge in [-0.25, -0.2) is 0 Å². The van der Waals surface area contributed by atoms with Gasteiger partial charge in [0.2, 0.25) is 0 Å². The molecule has 0 aromatic heterocycles. The fourth-order valence-corrected chi connectivity index (χ4v) is 2.04. The molecule has 2 unspecified atom stereocenters. The van der Waals surface area contributed by atoms with Gasteiger partial charge in [-0.1, -0.05) is 20.8 Å². The molecule has 0 radical (unpaired) electrons. The molecule has 0 aromatic rings. The summed E-state index contributed by atoms with van der Waals surface area (Å²) in [6.07, 6.45) is 2.63. The molecule has 84 valence electrons. The molecular weight excluding hydrogens is 174 g/mol. The first-order valence-corrected chi connectivity index (χ1v) is 5.68. The molecule has 14 heavy (non-hydrogen) atoms. The minimum absolute atomic E-state index is 0.0284. The van der Waals surface area contributed by atoms with Gasteiger partial charge in [0.15, 0.2) is 0 Å². The molecular formula is C12H25NO. The summed E-state index contributed by atoms with van der Waals surface area (Å²) >= 11 is 0. The predicted octanol–water partition coefficient (Wildman–Crippen LogP) is 2.58. The molecule has 1 saturated carbocycles. The lowest BCUT2D eigenvalue weighted by atomic mass is 9.64. The van der Waals surface area contributed by atoms with Gasteiger partial charge in [0.25, 0.3) is 0 Å². The highest BCUT2D eigenvalue weighted by Crippen LogP contribution is 2.44. The van der Waals surface area contributed by atoms with Gasteiger partial charge in [-0.3, -0.25) is 0 Å². The zero-order valence-corrected chi connectivity index (χ0v) is 10.5. The molecule has 1 aliphatic carbocycles. The lowest BCUT2D eigenvalue weighted by Crippen LogP contribution is -2.61. The van der Waals surface area contributed by atoms with Gasteiger partial charge in [0.05, 0.1) is 11.7 Å². The number of ether oxygens (including phenoxy) is 1. The van der Waals surface area contributed by atoms with E-state index in [1.807, 2.05) is 7.05 Å². The average Bonchev–Trinajstić information content (AvgIpc) is 2.11. The summed E-state index contributed by atoms with van der Waals surface area (Å²) in [7, 11) is 2.04. The highest BCUT2D eigenvalue weighted by Gasteiger charge is 2.49. The van der Waals surface area contributed by atoms with E-state index >= 15 is 0 Å². The molecule has 0 heterocycles. The van der Waals surface area contributed by atoms with E-state index in [0.29, 0.717) is 12.1 Å². The van der Waals surface area contributed by atoms with E-state index in [4.69, 9.17) is 4.74 Å². The van der Waals surface area contributed by atoms with E-state index in [0.717, 1.165) is 12.8 Å². The van der Waals surface area contributed by atoms with Gasteiger partial charge in [-0.2, -0.15) is 0 Å². The van der Waals surface area contributed by atoms with Gasteiger partial charge >= 0.3 is 0 Å². The van der Waals surface area contributed by atoms with Crippen LogP contribution < -0.4 is 5.32 Å². The van der Waals surface area contributed by atoms with Crippen molar-refractivity contribution in [3.05, 3.63) is 0 Å². The fourth-order valence-electron chi connectivity index (χ4n) is 2.04. The van der Waals surface area contributed by atoms with E-state index in [1.165, 1.54) is 0 Å². The van der Waals surface area contributed by atoms with Crippen molar-refractivity contribution in [2.45, 2.75) is 65.2 Å². The Morgan fingerprint density at radius 1 is 1.43 bits per heavy atom. The van der Waals surface area contributed by atoms with E-state index in [-0.39, 0.29) is 11.0 Å². The number of rotatable bonds is 4. The summed E-state index contributed by atoms with van der Waals surface area (Å²) in [5.74, 6) is 0. The molecule has 1 rings (SSSR count). The Bertz CT molecular complexity index is 198. The first-order chi connectivity index (χ1) is 6.33. The zero-order chi connectivity index (χ0) is 11.0. The van der Waals surface area contributed by atoms with E-state index < -0.39 is 0 Å². The van der Waals surface area contributed by atoms with Gasteiger partial charge in [0.1, 0.15) is 0 Å². The highest BCUT2D eigenvalue weighted by molar-refractivity contribution is 5.03. The molecule has 0 aromatic carbocycles. The van der Waals surface area contributed by atoms with Crippen molar-refractivity contribution < 1.29 is 4.74 Å². The molecule has 2 heteroatoms. The van der Waals surface area contributed by atoms with E-state index in [2.05, 4.69) is 39.9 Å². The minimum Gasteiger partial charge on any atom is -0.372 e. The fraction of sp³-hybridized carbons (Fsp3) is 1.00. The third kappa shape index (κ3) is 2.12. The third-order valence-electron chi connectivity index (χ3n) is 3.84. The Kier molecular flexibility index (Phi) is 3.27. The second-order valence-corrected chi connectivity index (χ2v) is 5.62. The van der Waals surface area contributed by atoms with Crippen molar-refractivity contribution in [1.29, 1.82) is 0 Å². The van der Waals surface area contributed by atoms with Crippen LogP contribution >= 0.6 is 0 Å². The van der Waals surface area contributed by atoms with Crippen LogP contribution in [0, 0.1) is 5.41 Å². The molecule has 0 bridgehead atoms. The predicted molar refractivity (Wildman–Crippen MR) is 60.5 cm³/mol. The summed E-state index contributed by atoms with van der Waals surface area (Å²) in [6.45, 7) is 11.1. The van der Waals surface area contributed by atoms with Gasteiger partial charge in [-0.05, 0) is 33.7 Å². The van der Waals surface area contributed by atoms with Crippen LogP contribution in [0.1, 0.15) is 47.5 Å². The number of nitrogens with one attached hydrogen (secondary N) is 1. The molecule has 0 saturated heterocycles. The van der Waals surface area contributed by atoms with Crippen LogP contribution in [-0.4, -0.2) is 24.8 Å². The van der Waals surface area contributed by atoms with Crippen molar-refractivity contribution >= 4 is 0 Å². The van der Waals surface area contributed by atoms with E-state index in [1.54, 1.807) is 0 Å². The summed E-state index contributed by atoms with van der Waals surface area (Å²) in [5, 5.41) is 3.35. The van der Waals surface area contributed by atoms with Gasteiger partial charge in [-0.15, -0.1) is 0 Å². The van der Waals surface area contributed by atoms with Crippen molar-refractivity contribution in [1.82, 2.24) is 5.32 Å². The van der Waals surface area contributed by atoms with E-state index in [9.17, 15) is 0 Å². The Labute approximate surface area is 88.4 Å².